The zero-order valence-electron chi connectivity index (χ0n) is 5.87. The molecule has 5 heteroatoms. The Morgan fingerprint density at radius 1 is 1.64 bits per heavy atom. The van der Waals surface area contributed by atoms with Gasteiger partial charge in [-0.3, -0.25) is 4.79 Å². The van der Waals surface area contributed by atoms with Crippen LogP contribution in [0.4, 0.5) is 0 Å². The van der Waals surface area contributed by atoms with Gasteiger partial charge in [-0.2, -0.15) is 5.26 Å². The van der Waals surface area contributed by atoms with Crippen LogP contribution in [0, 0.1) is 11.5 Å². The molecule has 0 rings (SSSR count). The Labute approximate surface area is 63.1 Å². The second-order valence-electron chi connectivity index (χ2n) is 1.71. The van der Waals surface area contributed by atoms with Gasteiger partial charge < -0.3 is 5.11 Å². The number of carbonyl (C=O) groups excluding carboxylic acids is 1. The number of carboxylic acids is 1. The predicted octanol–water partition coefficient (Wildman–Crippen LogP) is -0.0857. The number of carboxylic acid groups (broad SMARTS) is 1. The molecule has 0 aliphatic rings. The van der Waals surface area contributed by atoms with E-state index in [1.807, 2.05) is 0 Å². The fourth-order valence-corrected chi connectivity index (χ4v) is 0.416. The van der Waals surface area contributed by atoms with Crippen molar-refractivity contribution in [2.24, 2.45) is 0 Å². The number of nitriles is 1. The smallest absolute Gasteiger partial charge is 0.353 e. The molecule has 58 valence electrons. The molecule has 0 aromatic carbocycles. The third-order valence-corrected chi connectivity index (χ3v) is 0.932. The quantitative estimate of drug-likeness (QED) is 0.342. The minimum Gasteiger partial charge on any atom is -0.477 e. The van der Waals surface area contributed by atoms with Crippen molar-refractivity contribution in [2.75, 3.05) is 0 Å². The highest BCUT2D eigenvalue weighted by molar-refractivity contribution is 5.92. The molecule has 11 heavy (non-hydrogen) atoms. The molecule has 0 saturated carbocycles. The fourth-order valence-electron chi connectivity index (χ4n) is 0.416. The molecule has 0 aliphatic heterocycles. The number of hydrogen-bond donors (Lipinski definition) is 1. The SMILES string of the molecule is C=C(C(=O)O)N(C#N)C(C)=O. The van der Waals surface area contributed by atoms with Gasteiger partial charge in [-0.15, -0.1) is 0 Å². The number of nitrogens with zero attached hydrogens (tertiary/aromatic N) is 2. The lowest BCUT2D eigenvalue weighted by molar-refractivity contribution is -0.137. The van der Waals surface area contributed by atoms with Crippen LogP contribution in [0.5, 0.6) is 0 Å². The predicted molar refractivity (Wildman–Crippen MR) is 34.9 cm³/mol. The summed E-state index contributed by atoms with van der Waals surface area (Å²) in [5, 5.41) is 16.5. The lowest BCUT2D eigenvalue weighted by Gasteiger charge is -2.08. The van der Waals surface area contributed by atoms with Gasteiger partial charge in [0.25, 0.3) is 0 Å². The molecular formula is C6H6N2O3. The summed E-state index contributed by atoms with van der Waals surface area (Å²) in [6.45, 7) is 4.11. The minimum atomic E-state index is -1.39. The lowest BCUT2D eigenvalue weighted by atomic mass is 10.4. The molecule has 0 spiro atoms. The zero-order valence-corrected chi connectivity index (χ0v) is 5.87. The van der Waals surface area contributed by atoms with Crippen LogP contribution < -0.4 is 0 Å². The second-order valence-corrected chi connectivity index (χ2v) is 1.71. The molecule has 0 aromatic rings. The van der Waals surface area contributed by atoms with Crippen molar-refractivity contribution in [3.05, 3.63) is 12.3 Å². The number of aliphatic carboxylic acids is 1. The summed E-state index contributed by atoms with van der Waals surface area (Å²) in [5.74, 6) is -2.05. The molecule has 1 amide bonds. The van der Waals surface area contributed by atoms with Crippen molar-refractivity contribution >= 4 is 11.9 Å². The summed E-state index contributed by atoms with van der Waals surface area (Å²) in [6.07, 6.45) is 1.39. The van der Waals surface area contributed by atoms with Crippen molar-refractivity contribution < 1.29 is 14.7 Å². The first-order chi connectivity index (χ1) is 5.00. The van der Waals surface area contributed by atoms with Crippen molar-refractivity contribution in [2.45, 2.75) is 6.92 Å². The summed E-state index contributed by atoms with van der Waals surface area (Å²) >= 11 is 0. The molecule has 0 unspecified atom stereocenters. The standard InChI is InChI=1S/C6H6N2O3/c1-4(6(10)11)8(3-7)5(2)9/h1H2,2H3,(H,10,11). The number of hydrogen-bond acceptors (Lipinski definition) is 3. The van der Waals surface area contributed by atoms with Crippen LogP contribution in [0.15, 0.2) is 12.3 Å². The first kappa shape index (κ1) is 9.17. The zero-order chi connectivity index (χ0) is 9.02. The topological polar surface area (TPSA) is 81.4 Å². The Kier molecular flexibility index (Phi) is 2.81. The summed E-state index contributed by atoms with van der Waals surface area (Å²) in [5.41, 5.74) is -0.542. The molecular weight excluding hydrogens is 148 g/mol. The van der Waals surface area contributed by atoms with Gasteiger partial charge in [-0.1, -0.05) is 6.58 Å². The van der Waals surface area contributed by atoms with Gasteiger partial charge in [-0.25, -0.2) is 9.69 Å². The van der Waals surface area contributed by atoms with E-state index >= 15 is 0 Å². The molecule has 0 radical (unpaired) electrons. The molecule has 5 nitrogen and oxygen atoms in total. The van der Waals surface area contributed by atoms with Crippen LogP contribution >= 0.6 is 0 Å². The maximum absolute atomic E-state index is 10.5. The lowest BCUT2D eigenvalue weighted by Crippen LogP contribution is -2.26. The van der Waals surface area contributed by atoms with Gasteiger partial charge in [0.1, 0.15) is 5.70 Å². The normalized spacial score (nSPS) is 8.00. The highest BCUT2D eigenvalue weighted by Gasteiger charge is 2.16. The summed E-state index contributed by atoms with van der Waals surface area (Å²) in [4.78, 5) is 21.1. The highest BCUT2D eigenvalue weighted by Crippen LogP contribution is 1.99. The van der Waals surface area contributed by atoms with Crippen LogP contribution in [0.25, 0.3) is 0 Å². The maximum atomic E-state index is 10.5. The number of amides is 1. The first-order valence-corrected chi connectivity index (χ1v) is 2.63. The maximum Gasteiger partial charge on any atom is 0.353 e. The summed E-state index contributed by atoms with van der Waals surface area (Å²) in [6, 6.07) is 0. The summed E-state index contributed by atoms with van der Waals surface area (Å²) < 4.78 is 0. The van der Waals surface area contributed by atoms with E-state index in [0.717, 1.165) is 6.92 Å². The number of rotatable bonds is 2. The third kappa shape index (κ3) is 2.10. The molecule has 0 fully saturated rings. The highest BCUT2D eigenvalue weighted by atomic mass is 16.4. The summed E-state index contributed by atoms with van der Waals surface area (Å²) in [7, 11) is 0. The van der Waals surface area contributed by atoms with Gasteiger partial charge in [0.05, 0.1) is 0 Å². The van der Waals surface area contributed by atoms with Crippen LogP contribution in [0.1, 0.15) is 6.92 Å². The van der Waals surface area contributed by atoms with Crippen LogP contribution in [-0.4, -0.2) is 21.9 Å². The Balaban J connectivity index is 4.56. The Morgan fingerprint density at radius 2 is 2.09 bits per heavy atom. The molecule has 0 saturated heterocycles. The van der Waals surface area contributed by atoms with Crippen LogP contribution in [0.2, 0.25) is 0 Å². The van der Waals surface area contributed by atoms with E-state index < -0.39 is 17.6 Å². The van der Waals surface area contributed by atoms with Crippen molar-refractivity contribution in [1.29, 1.82) is 5.26 Å². The Morgan fingerprint density at radius 3 is 2.18 bits per heavy atom. The molecule has 0 heterocycles. The second kappa shape index (κ2) is 3.37. The molecule has 0 aliphatic carbocycles. The van der Waals surface area contributed by atoms with E-state index in [9.17, 15) is 9.59 Å². The van der Waals surface area contributed by atoms with Crippen molar-refractivity contribution in [3.63, 3.8) is 0 Å². The third-order valence-electron chi connectivity index (χ3n) is 0.932. The first-order valence-electron chi connectivity index (χ1n) is 2.63. The monoisotopic (exact) mass is 154 g/mol. The van der Waals surface area contributed by atoms with E-state index in [4.69, 9.17) is 10.4 Å². The van der Waals surface area contributed by atoms with Crippen molar-refractivity contribution in [1.82, 2.24) is 4.90 Å². The Hall–Kier alpha value is -1.83. The van der Waals surface area contributed by atoms with E-state index in [2.05, 4.69) is 6.58 Å². The van der Waals surface area contributed by atoms with E-state index in [0.29, 0.717) is 4.90 Å². The van der Waals surface area contributed by atoms with Crippen LogP contribution in [-0.2, 0) is 9.59 Å². The average molecular weight is 154 g/mol. The van der Waals surface area contributed by atoms with Gasteiger partial charge in [-0.05, 0) is 0 Å². The van der Waals surface area contributed by atoms with E-state index in [1.165, 1.54) is 6.19 Å². The fraction of sp³-hybridized carbons (Fsp3) is 0.167. The minimum absolute atomic E-state index is 0.405. The van der Waals surface area contributed by atoms with Crippen molar-refractivity contribution in [3.8, 4) is 6.19 Å². The van der Waals surface area contributed by atoms with Gasteiger partial charge >= 0.3 is 5.97 Å². The van der Waals surface area contributed by atoms with Gasteiger partial charge in [0.2, 0.25) is 5.91 Å². The van der Waals surface area contributed by atoms with E-state index in [-0.39, 0.29) is 0 Å². The van der Waals surface area contributed by atoms with Crippen LogP contribution in [0.3, 0.4) is 0 Å². The average Bonchev–Trinajstić information content (AvgIpc) is 1.88. The number of carbonyl (C=O) groups is 2. The van der Waals surface area contributed by atoms with Gasteiger partial charge in [0, 0.05) is 6.92 Å². The Bertz CT molecular complexity index is 251. The molecule has 0 atom stereocenters. The van der Waals surface area contributed by atoms with Gasteiger partial charge in [0.15, 0.2) is 6.19 Å². The van der Waals surface area contributed by atoms with E-state index in [1.54, 1.807) is 0 Å². The molecule has 1 N–H and O–H groups in total. The molecule has 0 aromatic heterocycles. The molecule has 0 bridgehead atoms. The largest absolute Gasteiger partial charge is 0.477 e.